The van der Waals surface area contributed by atoms with E-state index in [0.717, 1.165) is 17.9 Å². The fourth-order valence-electron chi connectivity index (χ4n) is 3.77. The van der Waals surface area contributed by atoms with Crippen LogP contribution >= 0.6 is 0 Å². The van der Waals surface area contributed by atoms with Crippen molar-refractivity contribution in [3.8, 4) is 11.5 Å². The Morgan fingerprint density at radius 3 is 2.34 bits per heavy atom. The molecule has 0 spiro atoms. The van der Waals surface area contributed by atoms with Crippen LogP contribution in [-0.4, -0.2) is 91.3 Å². The number of β-amino-alcohol motifs (C(OH)–C–C–N with tert-alkyl or cyclic N) is 1. The number of amides is 1. The molecular weight excluding hydrogens is 406 g/mol. The third-order valence-electron chi connectivity index (χ3n) is 5.52. The number of hydrogen-bond acceptors (Lipinski definition) is 6. The largest absolute Gasteiger partial charge is 0.492 e. The van der Waals surface area contributed by atoms with E-state index in [-0.39, 0.29) is 19.1 Å². The Morgan fingerprint density at radius 1 is 1.00 bits per heavy atom. The van der Waals surface area contributed by atoms with Gasteiger partial charge in [-0.3, -0.25) is 9.69 Å². The lowest BCUT2D eigenvalue weighted by Gasteiger charge is -2.32. The Balaban J connectivity index is 1.63. The highest BCUT2D eigenvalue weighted by Crippen LogP contribution is 2.20. The van der Waals surface area contributed by atoms with Gasteiger partial charge < -0.3 is 24.4 Å². The van der Waals surface area contributed by atoms with Crippen molar-refractivity contribution in [2.24, 2.45) is 0 Å². The lowest BCUT2D eigenvalue weighted by atomic mass is 10.0. The zero-order valence-corrected chi connectivity index (χ0v) is 19.4. The lowest BCUT2D eigenvalue weighted by Crippen LogP contribution is -2.51. The maximum absolute atomic E-state index is 12.1. The molecule has 32 heavy (non-hydrogen) atoms. The van der Waals surface area contributed by atoms with E-state index in [4.69, 9.17) is 9.47 Å². The number of carbonyl (C=O) groups is 1. The van der Waals surface area contributed by atoms with Crippen LogP contribution in [0.15, 0.2) is 54.6 Å². The summed E-state index contributed by atoms with van der Waals surface area (Å²) in [5, 5.41) is 11.4. The van der Waals surface area contributed by atoms with Gasteiger partial charge in [-0.25, -0.2) is 0 Å². The molecule has 0 bridgehead atoms. The number of benzene rings is 2. The molecule has 1 amide bonds. The zero-order chi connectivity index (χ0) is 23.0. The molecule has 1 fully saturated rings. The monoisotopic (exact) mass is 441 g/mol. The number of rotatable bonds is 9. The Morgan fingerprint density at radius 2 is 1.69 bits per heavy atom. The second kappa shape index (κ2) is 11.3. The molecule has 0 aromatic heterocycles. The van der Waals surface area contributed by atoms with Gasteiger partial charge in [0.05, 0.1) is 6.54 Å². The average molecular weight is 442 g/mol. The highest BCUT2D eigenvalue weighted by Gasteiger charge is 2.36. The highest BCUT2D eigenvalue weighted by atomic mass is 16.5. The first-order valence-electron chi connectivity index (χ1n) is 11.1. The van der Waals surface area contributed by atoms with Crippen molar-refractivity contribution in [2.45, 2.75) is 19.1 Å². The van der Waals surface area contributed by atoms with Gasteiger partial charge in [0, 0.05) is 39.6 Å². The van der Waals surface area contributed by atoms with Crippen LogP contribution in [0.4, 0.5) is 0 Å². The minimum absolute atomic E-state index is 0.0378. The summed E-state index contributed by atoms with van der Waals surface area (Å²) >= 11 is 0. The van der Waals surface area contributed by atoms with Crippen molar-refractivity contribution < 1.29 is 19.4 Å². The first kappa shape index (κ1) is 24.0. The van der Waals surface area contributed by atoms with Crippen LogP contribution in [-0.2, 0) is 11.3 Å². The average Bonchev–Trinajstić information content (AvgIpc) is 2.93. The van der Waals surface area contributed by atoms with Gasteiger partial charge in [0.15, 0.2) is 0 Å². The molecule has 2 aromatic carbocycles. The number of para-hydroxylation sites is 1. The Kier molecular flexibility index (Phi) is 8.50. The number of ether oxygens (including phenoxy) is 2. The second-order valence-corrected chi connectivity index (χ2v) is 8.77. The second-order valence-electron chi connectivity index (χ2n) is 8.77. The van der Waals surface area contributed by atoms with Crippen molar-refractivity contribution in [1.29, 1.82) is 0 Å². The van der Waals surface area contributed by atoms with E-state index in [1.807, 2.05) is 56.6 Å². The van der Waals surface area contributed by atoms with E-state index < -0.39 is 5.60 Å². The SMILES string of the molecule is CC(=O)N1CCN(Cc2ccc(OCCN(C)C)cc2)C[C@@](O)(COc2ccccc2)C1. The molecule has 3 rings (SSSR count). The number of carbonyl (C=O) groups excluding carboxylic acids is 1. The van der Waals surface area contributed by atoms with Crippen LogP contribution in [0.3, 0.4) is 0 Å². The van der Waals surface area contributed by atoms with E-state index in [1.54, 1.807) is 11.8 Å². The highest BCUT2D eigenvalue weighted by molar-refractivity contribution is 5.73. The standard InChI is InChI=1S/C25H35N3O4/c1-21(29)28-14-13-27(17-22-9-11-24(12-10-22)31-16-15-26(2)3)18-25(30,19-28)20-32-23-7-5-4-6-8-23/h4-12,30H,13-20H2,1-3H3/t25-/m0/s1. The van der Waals surface area contributed by atoms with Gasteiger partial charge in [0.25, 0.3) is 0 Å². The summed E-state index contributed by atoms with van der Waals surface area (Å²) < 4.78 is 11.6. The molecule has 0 unspecified atom stereocenters. The van der Waals surface area contributed by atoms with Crippen LogP contribution in [0.25, 0.3) is 0 Å². The van der Waals surface area contributed by atoms with Gasteiger partial charge in [-0.05, 0) is 43.9 Å². The molecule has 7 nitrogen and oxygen atoms in total. The fraction of sp³-hybridized carbons (Fsp3) is 0.480. The van der Waals surface area contributed by atoms with Crippen molar-refractivity contribution in [3.05, 3.63) is 60.2 Å². The van der Waals surface area contributed by atoms with Crippen LogP contribution in [0.2, 0.25) is 0 Å². The summed E-state index contributed by atoms with van der Waals surface area (Å²) in [4.78, 5) is 18.1. The van der Waals surface area contributed by atoms with Crippen LogP contribution in [0.5, 0.6) is 11.5 Å². The molecular formula is C25H35N3O4. The summed E-state index contributed by atoms with van der Waals surface area (Å²) in [7, 11) is 4.04. The van der Waals surface area contributed by atoms with Crippen molar-refractivity contribution in [3.63, 3.8) is 0 Å². The van der Waals surface area contributed by atoms with Crippen molar-refractivity contribution in [2.75, 3.05) is 60.0 Å². The van der Waals surface area contributed by atoms with Crippen LogP contribution < -0.4 is 9.47 Å². The smallest absolute Gasteiger partial charge is 0.219 e. The van der Waals surface area contributed by atoms with E-state index >= 15 is 0 Å². The summed E-state index contributed by atoms with van der Waals surface area (Å²) in [5.74, 6) is 1.52. The number of nitrogens with zero attached hydrogens (tertiary/aromatic N) is 3. The Labute approximate surface area is 191 Å². The van der Waals surface area contributed by atoms with Crippen LogP contribution in [0, 0.1) is 0 Å². The predicted octanol–water partition coefficient (Wildman–Crippen LogP) is 2.10. The first-order chi connectivity index (χ1) is 15.3. The van der Waals surface area contributed by atoms with Gasteiger partial charge in [-0.15, -0.1) is 0 Å². The quantitative estimate of drug-likeness (QED) is 0.643. The molecule has 0 radical (unpaired) electrons. The zero-order valence-electron chi connectivity index (χ0n) is 19.4. The van der Waals surface area contributed by atoms with Gasteiger partial charge in [0.2, 0.25) is 5.91 Å². The molecule has 1 saturated heterocycles. The molecule has 2 aromatic rings. The van der Waals surface area contributed by atoms with Crippen LogP contribution in [0.1, 0.15) is 12.5 Å². The Bertz CT molecular complexity index is 844. The third-order valence-corrected chi connectivity index (χ3v) is 5.52. The minimum Gasteiger partial charge on any atom is -0.492 e. The minimum atomic E-state index is -1.16. The number of hydrogen-bond donors (Lipinski definition) is 1. The predicted molar refractivity (Wildman–Crippen MR) is 125 cm³/mol. The molecule has 174 valence electrons. The van der Waals surface area contributed by atoms with Gasteiger partial charge in [-0.1, -0.05) is 30.3 Å². The summed E-state index contributed by atoms with van der Waals surface area (Å²) in [6, 6.07) is 17.5. The topological polar surface area (TPSA) is 65.5 Å². The summed E-state index contributed by atoms with van der Waals surface area (Å²) in [6.45, 7) is 5.80. The molecule has 1 heterocycles. The van der Waals surface area contributed by atoms with Gasteiger partial charge in [-0.2, -0.15) is 0 Å². The molecule has 1 aliphatic rings. The molecule has 1 atom stereocenters. The van der Waals surface area contributed by atoms with Gasteiger partial charge in [0.1, 0.15) is 30.3 Å². The molecule has 7 heteroatoms. The molecule has 1 N–H and O–H groups in total. The molecule has 1 aliphatic heterocycles. The van der Waals surface area contributed by atoms with E-state index in [9.17, 15) is 9.90 Å². The van der Waals surface area contributed by atoms with E-state index in [2.05, 4.69) is 21.9 Å². The lowest BCUT2D eigenvalue weighted by molar-refractivity contribution is -0.132. The van der Waals surface area contributed by atoms with Crippen molar-refractivity contribution in [1.82, 2.24) is 14.7 Å². The van der Waals surface area contributed by atoms with E-state index in [0.29, 0.717) is 38.5 Å². The normalized spacial score (nSPS) is 19.6. The number of aliphatic hydroxyl groups is 1. The summed E-state index contributed by atoms with van der Waals surface area (Å²) in [5.41, 5.74) is -0.0275. The first-order valence-corrected chi connectivity index (χ1v) is 11.1. The maximum atomic E-state index is 12.1. The molecule has 0 saturated carbocycles. The van der Waals surface area contributed by atoms with Gasteiger partial charge >= 0.3 is 0 Å². The summed E-state index contributed by atoms with van der Waals surface area (Å²) in [6.07, 6.45) is 0. The van der Waals surface area contributed by atoms with E-state index in [1.165, 1.54) is 0 Å². The van der Waals surface area contributed by atoms with Crippen molar-refractivity contribution >= 4 is 5.91 Å². The third kappa shape index (κ3) is 7.51. The Hall–Kier alpha value is -2.61. The maximum Gasteiger partial charge on any atom is 0.219 e. The molecule has 0 aliphatic carbocycles. The number of likely N-dealkylation sites (N-methyl/N-ethyl adjacent to an activating group) is 1. The fourth-order valence-corrected chi connectivity index (χ4v) is 3.77.